The summed E-state index contributed by atoms with van der Waals surface area (Å²) < 4.78 is 10.1. The first-order valence-electron chi connectivity index (χ1n) is 11.0. The van der Waals surface area contributed by atoms with Gasteiger partial charge in [0.1, 0.15) is 23.7 Å². The van der Waals surface area contributed by atoms with Crippen molar-refractivity contribution in [2.75, 3.05) is 27.3 Å². The Morgan fingerprint density at radius 1 is 0.912 bits per heavy atom. The Morgan fingerprint density at radius 2 is 1.47 bits per heavy atom. The molecule has 0 saturated carbocycles. The fraction of sp³-hybridized carbons (Fsp3) is 0.222. The Kier molecular flexibility index (Phi) is 6.92. The van der Waals surface area contributed by atoms with Gasteiger partial charge in [-0.15, -0.1) is 0 Å². The smallest absolute Gasteiger partial charge is 0.325 e. The number of aliphatic imine (C=N–C) groups is 1. The maximum atomic E-state index is 12.7. The van der Waals surface area contributed by atoms with E-state index in [9.17, 15) is 9.59 Å². The van der Waals surface area contributed by atoms with Crippen molar-refractivity contribution in [2.45, 2.75) is 12.0 Å². The van der Waals surface area contributed by atoms with Crippen molar-refractivity contribution in [1.29, 1.82) is 0 Å². The predicted octanol–water partition coefficient (Wildman–Crippen LogP) is 3.97. The molecule has 0 aromatic heterocycles. The average Bonchev–Trinajstić information content (AvgIpc) is 2.90. The van der Waals surface area contributed by atoms with Crippen LogP contribution in [0.15, 0.2) is 89.9 Å². The highest BCUT2D eigenvalue weighted by atomic mass is 16.5. The van der Waals surface area contributed by atoms with Crippen molar-refractivity contribution in [3.63, 3.8) is 0 Å². The Morgan fingerprint density at radius 3 is 1.97 bits per heavy atom. The molecule has 0 aliphatic carbocycles. The molecule has 3 aromatic rings. The minimum absolute atomic E-state index is 0.101. The van der Waals surface area contributed by atoms with E-state index in [1.165, 1.54) is 12.0 Å². The molecule has 3 aromatic carbocycles. The molecule has 34 heavy (non-hydrogen) atoms. The summed E-state index contributed by atoms with van der Waals surface area (Å²) in [6.45, 7) is 0.263. The van der Waals surface area contributed by atoms with E-state index in [1.807, 2.05) is 84.9 Å². The second kappa shape index (κ2) is 10.2. The lowest BCUT2D eigenvalue weighted by molar-refractivity contribution is -0.141. The Bertz CT molecular complexity index is 1120. The molecule has 0 bridgehead atoms. The molecule has 1 fully saturated rings. The Hall–Kier alpha value is -4.13. The third-order valence-electron chi connectivity index (χ3n) is 5.90. The van der Waals surface area contributed by atoms with Gasteiger partial charge >= 0.3 is 12.0 Å². The third kappa shape index (κ3) is 4.64. The van der Waals surface area contributed by atoms with Crippen molar-refractivity contribution in [3.8, 4) is 5.75 Å². The number of esters is 1. The van der Waals surface area contributed by atoms with E-state index in [0.717, 1.165) is 22.4 Å². The molecule has 1 aliphatic heterocycles. The summed E-state index contributed by atoms with van der Waals surface area (Å²) in [6, 6.07) is 27.4. The summed E-state index contributed by atoms with van der Waals surface area (Å²) in [4.78, 5) is 31.0. The van der Waals surface area contributed by atoms with Gasteiger partial charge < -0.3 is 14.4 Å². The van der Waals surface area contributed by atoms with Crippen molar-refractivity contribution < 1.29 is 19.1 Å². The van der Waals surface area contributed by atoms with E-state index in [2.05, 4.69) is 5.32 Å². The number of benzene rings is 3. The molecule has 1 heterocycles. The quantitative estimate of drug-likeness (QED) is 0.430. The number of amidine groups is 1. The van der Waals surface area contributed by atoms with Crippen LogP contribution in [0.5, 0.6) is 5.75 Å². The van der Waals surface area contributed by atoms with E-state index in [0.29, 0.717) is 18.8 Å². The Balaban J connectivity index is 1.84. The van der Waals surface area contributed by atoms with Crippen molar-refractivity contribution in [3.05, 3.63) is 102 Å². The molecule has 7 nitrogen and oxygen atoms in total. The topological polar surface area (TPSA) is 80.2 Å². The molecule has 0 unspecified atom stereocenters. The number of amides is 2. The van der Waals surface area contributed by atoms with Crippen molar-refractivity contribution in [1.82, 2.24) is 10.2 Å². The van der Waals surface area contributed by atoms with Crippen molar-refractivity contribution in [2.24, 2.45) is 4.99 Å². The molecule has 1 saturated heterocycles. The fourth-order valence-electron chi connectivity index (χ4n) is 4.15. The maximum absolute atomic E-state index is 12.7. The number of rotatable bonds is 7. The third-order valence-corrected chi connectivity index (χ3v) is 5.90. The number of carbonyl (C=O) groups is 2. The summed E-state index contributed by atoms with van der Waals surface area (Å²) in [7, 11) is 2.94. The molecule has 2 amide bonds. The molecule has 0 atom stereocenters. The highest BCUT2D eigenvalue weighted by Crippen LogP contribution is 2.41. The van der Waals surface area contributed by atoms with E-state index >= 15 is 0 Å². The van der Waals surface area contributed by atoms with Gasteiger partial charge in [0.15, 0.2) is 0 Å². The van der Waals surface area contributed by atoms with Gasteiger partial charge in [-0.25, -0.2) is 4.79 Å². The zero-order chi connectivity index (χ0) is 24.0. The standard InChI is InChI=1S/C27H27N3O4/c1-33-23-15-13-22(14-16-23)27(20-9-5-3-6-10-20,21-11-7-4-8-12-21)29-24-17-18-30(26(32)28-24)19-25(31)34-2/h3-16H,17-19H2,1-2H3,(H,28,29,32). The van der Waals surface area contributed by atoms with E-state index in [1.54, 1.807) is 7.11 Å². The van der Waals surface area contributed by atoms with Crippen LogP contribution in [0.3, 0.4) is 0 Å². The number of hydrogen-bond donors (Lipinski definition) is 1. The molecule has 7 heteroatoms. The van der Waals surface area contributed by atoms with Crippen LogP contribution in [-0.2, 0) is 15.1 Å². The number of urea groups is 1. The summed E-state index contributed by atoms with van der Waals surface area (Å²) in [5.74, 6) is 0.835. The zero-order valence-corrected chi connectivity index (χ0v) is 19.2. The number of nitrogens with zero attached hydrogens (tertiary/aromatic N) is 2. The molecule has 174 valence electrons. The van der Waals surface area contributed by atoms with Crippen molar-refractivity contribution >= 4 is 17.8 Å². The van der Waals surface area contributed by atoms with Gasteiger partial charge in [-0.1, -0.05) is 72.8 Å². The monoisotopic (exact) mass is 457 g/mol. The number of nitrogens with one attached hydrogen (secondary N) is 1. The number of carbonyl (C=O) groups excluding carboxylic acids is 2. The lowest BCUT2D eigenvalue weighted by Crippen LogP contribution is -2.52. The van der Waals surface area contributed by atoms with Crippen LogP contribution < -0.4 is 10.1 Å². The lowest BCUT2D eigenvalue weighted by Gasteiger charge is -2.35. The molecule has 1 aliphatic rings. The summed E-state index contributed by atoms with van der Waals surface area (Å²) >= 11 is 0. The summed E-state index contributed by atoms with van der Waals surface area (Å²) in [5.41, 5.74) is 1.96. The number of hydrogen-bond acceptors (Lipinski definition) is 5. The molecule has 0 radical (unpaired) electrons. The number of methoxy groups -OCH3 is 2. The van der Waals surface area contributed by atoms with Crippen LogP contribution in [-0.4, -0.2) is 50.0 Å². The van der Waals surface area contributed by atoms with E-state index in [-0.39, 0.29) is 12.6 Å². The fourth-order valence-corrected chi connectivity index (χ4v) is 4.15. The highest BCUT2D eigenvalue weighted by Gasteiger charge is 2.37. The second-order valence-corrected chi connectivity index (χ2v) is 7.91. The highest BCUT2D eigenvalue weighted by molar-refractivity contribution is 6.01. The van der Waals surface area contributed by atoms with Crippen LogP contribution >= 0.6 is 0 Å². The summed E-state index contributed by atoms with van der Waals surface area (Å²) in [5, 5.41) is 2.89. The second-order valence-electron chi connectivity index (χ2n) is 7.91. The van der Waals surface area contributed by atoms with E-state index < -0.39 is 11.5 Å². The molecular formula is C27H27N3O4. The zero-order valence-electron chi connectivity index (χ0n) is 19.2. The SMILES string of the molecule is COC(=O)CN1CCC(=NC(c2ccccc2)(c2ccccc2)c2ccc(OC)cc2)NC1=O. The number of ether oxygens (including phenoxy) is 2. The van der Waals surface area contributed by atoms with Crippen LogP contribution in [0.1, 0.15) is 23.1 Å². The largest absolute Gasteiger partial charge is 0.497 e. The minimum Gasteiger partial charge on any atom is -0.497 e. The van der Waals surface area contributed by atoms with Gasteiger partial charge in [0.25, 0.3) is 0 Å². The normalized spacial score (nSPS) is 15.1. The Labute approximate surface area is 199 Å². The van der Waals surface area contributed by atoms with Crippen LogP contribution in [0.2, 0.25) is 0 Å². The van der Waals surface area contributed by atoms with Gasteiger partial charge in [0.05, 0.1) is 14.2 Å². The summed E-state index contributed by atoms with van der Waals surface area (Å²) in [6.07, 6.45) is 0.473. The predicted molar refractivity (Wildman–Crippen MR) is 130 cm³/mol. The van der Waals surface area contributed by atoms with Crippen LogP contribution in [0.25, 0.3) is 0 Å². The maximum Gasteiger partial charge on any atom is 0.325 e. The van der Waals surface area contributed by atoms with Crippen LogP contribution in [0, 0.1) is 0 Å². The van der Waals surface area contributed by atoms with Crippen LogP contribution in [0.4, 0.5) is 4.79 Å². The van der Waals surface area contributed by atoms with Gasteiger partial charge in [0.2, 0.25) is 0 Å². The molecule has 4 rings (SSSR count). The first kappa shape index (κ1) is 23.0. The molecule has 0 spiro atoms. The van der Waals surface area contributed by atoms with Gasteiger partial charge in [-0.3, -0.25) is 15.1 Å². The lowest BCUT2D eigenvalue weighted by atomic mass is 9.77. The minimum atomic E-state index is -0.901. The van der Waals surface area contributed by atoms with Gasteiger partial charge in [-0.2, -0.15) is 0 Å². The van der Waals surface area contributed by atoms with Gasteiger partial charge in [-0.05, 0) is 28.8 Å². The van der Waals surface area contributed by atoms with Gasteiger partial charge in [0, 0.05) is 13.0 Å². The molecular weight excluding hydrogens is 430 g/mol. The first-order chi connectivity index (χ1) is 16.6. The average molecular weight is 458 g/mol. The molecule has 1 N–H and O–H groups in total. The van der Waals surface area contributed by atoms with E-state index in [4.69, 9.17) is 14.5 Å². The first-order valence-corrected chi connectivity index (χ1v) is 11.0.